The molecule has 0 saturated carbocycles. The summed E-state index contributed by atoms with van der Waals surface area (Å²) in [6.07, 6.45) is 0. The van der Waals surface area contributed by atoms with Crippen LogP contribution in [0.2, 0.25) is 0 Å². The molecule has 0 aliphatic heterocycles. The van der Waals surface area contributed by atoms with Gasteiger partial charge in [-0.25, -0.2) is 0 Å². The number of rotatable bonds is 8. The van der Waals surface area contributed by atoms with Gasteiger partial charge in [-0.2, -0.15) is 0 Å². The minimum absolute atomic E-state index is 0.252. The third kappa shape index (κ3) is 7.78. The number of carbonyl (C=O) groups is 2. The lowest BCUT2D eigenvalue weighted by molar-refractivity contribution is -0.118. The first-order valence-corrected chi connectivity index (χ1v) is 6.24. The summed E-state index contributed by atoms with van der Waals surface area (Å²) in [5, 5.41) is 4.63. The number of hydrogen-bond acceptors (Lipinski definition) is 5. The van der Waals surface area contributed by atoms with Crippen LogP contribution in [0, 0.1) is 0 Å². The largest absolute Gasteiger partial charge is 0.329 e. The van der Waals surface area contributed by atoms with Crippen LogP contribution in [0.3, 0.4) is 0 Å². The van der Waals surface area contributed by atoms with E-state index in [1.165, 1.54) is 13.8 Å². The van der Waals surface area contributed by atoms with E-state index in [1.54, 1.807) is 0 Å². The van der Waals surface area contributed by atoms with E-state index in [9.17, 15) is 14.2 Å². The van der Waals surface area contributed by atoms with Crippen molar-refractivity contribution in [3.8, 4) is 0 Å². The Kier molecular flexibility index (Phi) is 7.94. The first-order chi connectivity index (χ1) is 8.34. The molecule has 0 aromatic carbocycles. The lowest BCUT2D eigenvalue weighted by atomic mass is 10.3. The zero-order valence-corrected chi connectivity index (χ0v) is 11.4. The summed E-state index contributed by atoms with van der Waals surface area (Å²) in [6.45, 7) is 9.38. The minimum atomic E-state index is -2.77. The van der Waals surface area contributed by atoms with Gasteiger partial charge in [0.05, 0.1) is 0 Å². The van der Waals surface area contributed by atoms with Crippen LogP contribution < -0.4 is 10.6 Å². The van der Waals surface area contributed by atoms with Gasteiger partial charge in [0.25, 0.3) is 0 Å². The first-order valence-electron chi connectivity index (χ1n) is 5.01. The van der Waals surface area contributed by atoms with E-state index in [4.69, 9.17) is 0 Å². The second-order valence-electron chi connectivity index (χ2n) is 3.40. The van der Waals surface area contributed by atoms with Crippen LogP contribution in [0.25, 0.3) is 0 Å². The molecule has 7 nitrogen and oxygen atoms in total. The molecule has 0 radical (unpaired) electrons. The molecule has 18 heavy (non-hydrogen) atoms. The quantitative estimate of drug-likeness (QED) is 0.387. The number of nitrogens with one attached hydrogen (secondary N) is 2. The Hall–Kier alpha value is -1.43. The predicted octanol–water partition coefficient (Wildman–Crippen LogP) is 0.709. The molecule has 0 aliphatic carbocycles. The van der Waals surface area contributed by atoms with E-state index in [0.717, 1.165) is 0 Å². The molecule has 0 heterocycles. The molecule has 8 heteroatoms. The molecule has 0 atom stereocenters. The predicted molar refractivity (Wildman–Crippen MR) is 66.8 cm³/mol. The maximum absolute atomic E-state index is 11.1. The average Bonchev–Trinajstić information content (AvgIpc) is 2.28. The van der Waals surface area contributed by atoms with E-state index in [1.807, 2.05) is 0 Å². The number of hydrogen-bond donors (Lipinski definition) is 2. The molecule has 0 spiro atoms. The van der Waals surface area contributed by atoms with Crippen LogP contribution in [0.1, 0.15) is 13.8 Å². The molecule has 0 aliphatic rings. The third-order valence-corrected chi connectivity index (χ3v) is 2.38. The molecule has 2 amide bonds. The van der Waals surface area contributed by atoms with Crippen molar-refractivity contribution in [2.75, 3.05) is 13.5 Å². The Balaban J connectivity index is 3.67. The molecule has 2 N–H and O–H groups in total. The summed E-state index contributed by atoms with van der Waals surface area (Å²) < 4.78 is 20.5. The van der Waals surface area contributed by atoms with Gasteiger partial charge in [0, 0.05) is 11.1 Å². The lowest BCUT2D eigenvalue weighted by Gasteiger charge is -2.08. The van der Waals surface area contributed by atoms with E-state index >= 15 is 0 Å². The molecule has 0 unspecified atom stereocenters. The topological polar surface area (TPSA) is 93.7 Å². The molecule has 102 valence electrons. The SMILES string of the molecule is C=C(C)C(=O)NCO[PH](=O)OCNC(=O)C(=C)C. The maximum Gasteiger partial charge on any atom is 0.322 e. The fourth-order valence-electron chi connectivity index (χ4n) is 0.665. The fraction of sp³-hybridized carbons (Fsp3) is 0.400. The van der Waals surface area contributed by atoms with Gasteiger partial charge in [0.2, 0.25) is 11.8 Å². The highest BCUT2D eigenvalue weighted by Crippen LogP contribution is 2.21. The Labute approximate surface area is 106 Å². The second kappa shape index (κ2) is 8.63. The minimum Gasteiger partial charge on any atom is -0.329 e. The van der Waals surface area contributed by atoms with E-state index in [0.29, 0.717) is 11.1 Å². The van der Waals surface area contributed by atoms with Crippen LogP contribution >= 0.6 is 8.25 Å². The highest BCUT2D eigenvalue weighted by atomic mass is 31.1. The second-order valence-corrected chi connectivity index (χ2v) is 4.48. The summed E-state index contributed by atoms with van der Waals surface area (Å²) >= 11 is 0. The van der Waals surface area contributed by atoms with Gasteiger partial charge >= 0.3 is 8.25 Å². The highest BCUT2D eigenvalue weighted by Gasteiger charge is 2.05. The van der Waals surface area contributed by atoms with E-state index in [-0.39, 0.29) is 13.5 Å². The van der Waals surface area contributed by atoms with Crippen molar-refractivity contribution in [2.45, 2.75) is 13.8 Å². The van der Waals surface area contributed by atoms with Gasteiger partial charge in [-0.1, -0.05) is 13.2 Å². The Bertz CT molecular complexity index is 346. The average molecular weight is 276 g/mol. The first kappa shape index (κ1) is 16.6. The summed E-state index contributed by atoms with van der Waals surface area (Å²) in [5.41, 5.74) is 0.626. The summed E-state index contributed by atoms with van der Waals surface area (Å²) in [4.78, 5) is 22.0. The van der Waals surface area contributed by atoms with E-state index in [2.05, 4.69) is 32.8 Å². The molecule has 0 saturated heterocycles. The van der Waals surface area contributed by atoms with Crippen LogP contribution in [-0.2, 0) is 23.2 Å². The third-order valence-electron chi connectivity index (χ3n) is 1.62. The Morgan fingerprint density at radius 1 is 1.00 bits per heavy atom. The summed E-state index contributed by atoms with van der Waals surface area (Å²) in [5.74, 6) is -0.805. The molecule has 0 aromatic rings. The van der Waals surface area contributed by atoms with Crippen molar-refractivity contribution in [1.82, 2.24) is 10.6 Å². The van der Waals surface area contributed by atoms with Crippen LogP contribution in [0.4, 0.5) is 0 Å². The monoisotopic (exact) mass is 276 g/mol. The summed E-state index contributed by atoms with van der Waals surface area (Å²) in [6, 6.07) is 0. The molecule has 0 aromatic heterocycles. The van der Waals surface area contributed by atoms with Gasteiger partial charge < -0.3 is 10.6 Å². The van der Waals surface area contributed by atoms with Crippen LogP contribution in [0.5, 0.6) is 0 Å². The maximum atomic E-state index is 11.1. The van der Waals surface area contributed by atoms with Gasteiger partial charge in [-0.15, -0.1) is 0 Å². The smallest absolute Gasteiger partial charge is 0.322 e. The normalized spacial score (nSPS) is 9.94. The van der Waals surface area contributed by atoms with Gasteiger partial charge in [-0.3, -0.25) is 23.2 Å². The summed E-state index contributed by atoms with van der Waals surface area (Å²) in [7, 11) is -2.77. The number of amides is 2. The van der Waals surface area contributed by atoms with Crippen molar-refractivity contribution in [1.29, 1.82) is 0 Å². The van der Waals surface area contributed by atoms with Gasteiger partial charge in [0.15, 0.2) is 0 Å². The zero-order valence-electron chi connectivity index (χ0n) is 10.4. The molecule has 0 rings (SSSR count). The fourth-order valence-corrected chi connectivity index (χ4v) is 1.13. The Morgan fingerprint density at radius 3 is 1.61 bits per heavy atom. The molecule has 0 fully saturated rings. The molecular formula is C10H17N2O5P. The lowest BCUT2D eigenvalue weighted by Crippen LogP contribution is -2.26. The van der Waals surface area contributed by atoms with Crippen molar-refractivity contribution in [3.05, 3.63) is 24.3 Å². The van der Waals surface area contributed by atoms with Crippen LogP contribution in [-0.4, -0.2) is 25.3 Å². The van der Waals surface area contributed by atoms with Gasteiger partial charge in [-0.05, 0) is 13.8 Å². The van der Waals surface area contributed by atoms with Gasteiger partial charge in [0.1, 0.15) is 13.5 Å². The van der Waals surface area contributed by atoms with E-state index < -0.39 is 20.1 Å². The Morgan fingerprint density at radius 2 is 1.33 bits per heavy atom. The van der Waals surface area contributed by atoms with Crippen molar-refractivity contribution in [2.24, 2.45) is 0 Å². The standard InChI is InChI=1S/C10H17N2O5P/c1-7(2)9(13)11-5-16-18(15)17-6-12-10(14)8(3)4/h18H,1,3,5-6H2,2,4H3,(H,11,13)(H,12,14). The highest BCUT2D eigenvalue weighted by molar-refractivity contribution is 7.33. The van der Waals surface area contributed by atoms with Crippen molar-refractivity contribution >= 4 is 20.1 Å². The van der Waals surface area contributed by atoms with Crippen molar-refractivity contribution in [3.63, 3.8) is 0 Å². The van der Waals surface area contributed by atoms with Crippen molar-refractivity contribution < 1.29 is 23.2 Å². The molecule has 0 bridgehead atoms. The number of carbonyl (C=O) groups excluding carboxylic acids is 2. The molecular weight excluding hydrogens is 259 g/mol. The zero-order chi connectivity index (χ0) is 14.1. The van der Waals surface area contributed by atoms with Crippen LogP contribution in [0.15, 0.2) is 24.3 Å².